The number of hydrogen-bond donors (Lipinski definition) is 2. The number of carbonyl (C=O) groups excluding carboxylic acids is 1. The minimum atomic E-state index is -0.377. The van der Waals surface area contributed by atoms with Crippen LogP contribution in [0.2, 0.25) is 0 Å². The van der Waals surface area contributed by atoms with Crippen molar-refractivity contribution in [1.29, 1.82) is 0 Å². The summed E-state index contributed by atoms with van der Waals surface area (Å²) in [4.78, 5) is 11.5. The lowest BCUT2D eigenvalue weighted by molar-refractivity contribution is -0.123. The van der Waals surface area contributed by atoms with Gasteiger partial charge in [-0.25, -0.2) is 5.01 Å². The highest BCUT2D eigenvalue weighted by Gasteiger charge is 2.28. The van der Waals surface area contributed by atoms with Gasteiger partial charge in [-0.1, -0.05) is 37.3 Å². The molecule has 2 rings (SSSR count). The van der Waals surface area contributed by atoms with Crippen molar-refractivity contribution in [1.82, 2.24) is 10.4 Å². The monoisotopic (exact) mass is 261 g/mol. The molecule has 0 bridgehead atoms. The van der Waals surface area contributed by atoms with Crippen LogP contribution in [0.4, 0.5) is 0 Å². The number of hydrogen-bond acceptors (Lipinski definition) is 3. The summed E-state index contributed by atoms with van der Waals surface area (Å²) in [6.07, 6.45) is 1.55. The van der Waals surface area contributed by atoms with E-state index in [1.165, 1.54) is 0 Å². The maximum atomic E-state index is 11.5. The third-order valence-electron chi connectivity index (χ3n) is 3.47. The lowest BCUT2D eigenvalue weighted by Crippen LogP contribution is -2.35. The van der Waals surface area contributed by atoms with Crippen molar-refractivity contribution in [2.24, 2.45) is 5.92 Å². The quantitative estimate of drug-likeness (QED) is 0.808. The summed E-state index contributed by atoms with van der Waals surface area (Å²) in [5.74, 6) is 0.0406. The Labute approximate surface area is 114 Å². The second kappa shape index (κ2) is 6.68. The molecule has 4 nitrogen and oxygen atoms in total. The molecule has 19 heavy (non-hydrogen) atoms. The van der Waals surface area contributed by atoms with Crippen LogP contribution >= 0.6 is 0 Å². The third-order valence-corrected chi connectivity index (χ3v) is 3.47. The zero-order chi connectivity index (χ0) is 13.7. The summed E-state index contributed by atoms with van der Waals surface area (Å²) in [6, 6.07) is 9.94. The normalized spacial score (nSPS) is 21.4. The van der Waals surface area contributed by atoms with Gasteiger partial charge in [-0.2, -0.15) is 0 Å². The van der Waals surface area contributed by atoms with E-state index in [-0.39, 0.29) is 17.9 Å². The predicted octanol–water partition coefficient (Wildman–Crippen LogP) is 1.17. The number of benzene rings is 1. The van der Waals surface area contributed by atoms with E-state index < -0.39 is 0 Å². The van der Waals surface area contributed by atoms with Crippen molar-refractivity contribution in [2.75, 3.05) is 13.1 Å². The molecule has 1 saturated heterocycles. The Morgan fingerprint density at radius 1 is 1.42 bits per heavy atom. The Hall–Kier alpha value is -1.39. The van der Waals surface area contributed by atoms with E-state index in [1.807, 2.05) is 35.3 Å². The Balaban J connectivity index is 1.72. The zero-order valence-electron chi connectivity index (χ0n) is 11.1. The van der Waals surface area contributed by atoms with Crippen LogP contribution in [-0.4, -0.2) is 35.2 Å². The summed E-state index contributed by atoms with van der Waals surface area (Å²) in [5.41, 5.74) is 3.95. The molecule has 0 aromatic heterocycles. The number of nitrogens with zero attached hydrogens (tertiary/aromatic N) is 1. The molecule has 2 unspecified atom stereocenters. The van der Waals surface area contributed by atoms with E-state index in [9.17, 15) is 9.90 Å². The number of aliphatic hydroxyl groups is 1. The Bertz CT molecular complexity index is 408. The van der Waals surface area contributed by atoms with Gasteiger partial charge < -0.3 is 5.11 Å². The first-order valence-electron chi connectivity index (χ1n) is 6.75. The minimum Gasteiger partial charge on any atom is -0.393 e. The van der Waals surface area contributed by atoms with Crippen molar-refractivity contribution >= 4 is 5.91 Å². The molecule has 0 saturated carbocycles. The summed E-state index contributed by atoms with van der Waals surface area (Å²) >= 11 is 0. The molecule has 4 heteroatoms. The standard InChI is InChI=1S/C15H21N2O2/c1-2-13-11-17(16-15(13)19)9-8-14(18)10-12-6-4-3-5-7-12/h3-7,13-14,18H,1-2,8-11H2,(H,16,19). The Kier molecular flexibility index (Phi) is 4.93. The highest BCUT2D eigenvalue weighted by Crippen LogP contribution is 2.13. The maximum absolute atomic E-state index is 11.5. The fraction of sp³-hybridized carbons (Fsp3) is 0.467. The summed E-state index contributed by atoms with van der Waals surface area (Å²) in [6.45, 7) is 5.14. The van der Waals surface area contributed by atoms with E-state index in [1.54, 1.807) is 0 Å². The molecule has 1 aromatic rings. The number of nitrogens with one attached hydrogen (secondary N) is 1. The third kappa shape index (κ3) is 4.04. The topological polar surface area (TPSA) is 52.6 Å². The second-order valence-corrected chi connectivity index (χ2v) is 5.04. The first kappa shape index (κ1) is 14.0. The summed E-state index contributed by atoms with van der Waals surface area (Å²) < 4.78 is 0. The van der Waals surface area contributed by atoms with Gasteiger partial charge in [-0.15, -0.1) is 0 Å². The van der Waals surface area contributed by atoms with Crippen LogP contribution in [-0.2, 0) is 11.2 Å². The van der Waals surface area contributed by atoms with Gasteiger partial charge >= 0.3 is 0 Å². The number of rotatable bonds is 6. The first-order chi connectivity index (χ1) is 9.19. The van der Waals surface area contributed by atoms with Gasteiger partial charge in [-0.05, 0) is 24.8 Å². The molecule has 2 N–H and O–H groups in total. The van der Waals surface area contributed by atoms with Gasteiger partial charge in [0.1, 0.15) is 0 Å². The van der Waals surface area contributed by atoms with Crippen LogP contribution in [0.3, 0.4) is 0 Å². The molecule has 0 aliphatic carbocycles. The molecule has 1 aliphatic heterocycles. The Morgan fingerprint density at radius 3 is 2.79 bits per heavy atom. The SMILES string of the molecule is [CH2]CC1CN(CCC(O)Cc2ccccc2)NC1=O. The van der Waals surface area contributed by atoms with Crippen molar-refractivity contribution in [3.8, 4) is 0 Å². The van der Waals surface area contributed by atoms with Crippen LogP contribution in [0.15, 0.2) is 30.3 Å². The summed E-state index contributed by atoms with van der Waals surface area (Å²) in [7, 11) is 0. The van der Waals surface area contributed by atoms with Gasteiger partial charge in [0.15, 0.2) is 0 Å². The van der Waals surface area contributed by atoms with Crippen LogP contribution in [0.5, 0.6) is 0 Å². The number of hydrazine groups is 1. The highest BCUT2D eigenvalue weighted by molar-refractivity contribution is 5.80. The van der Waals surface area contributed by atoms with Gasteiger partial charge in [0, 0.05) is 13.1 Å². The fourth-order valence-corrected chi connectivity index (χ4v) is 2.30. The smallest absolute Gasteiger partial charge is 0.238 e. The van der Waals surface area contributed by atoms with Crippen LogP contribution in [0.1, 0.15) is 18.4 Å². The van der Waals surface area contributed by atoms with Crippen molar-refractivity contribution in [3.05, 3.63) is 42.8 Å². The number of carbonyl (C=O) groups is 1. The van der Waals surface area contributed by atoms with Gasteiger partial charge in [0.25, 0.3) is 0 Å². The fourth-order valence-electron chi connectivity index (χ4n) is 2.30. The Morgan fingerprint density at radius 2 is 2.16 bits per heavy atom. The lowest BCUT2D eigenvalue weighted by Gasteiger charge is -2.17. The molecule has 103 valence electrons. The minimum absolute atomic E-state index is 0.00809. The van der Waals surface area contributed by atoms with E-state index in [0.29, 0.717) is 32.4 Å². The summed E-state index contributed by atoms with van der Waals surface area (Å²) in [5, 5.41) is 11.9. The average Bonchev–Trinajstić information content (AvgIpc) is 2.78. The van der Waals surface area contributed by atoms with Crippen LogP contribution in [0, 0.1) is 12.8 Å². The van der Waals surface area contributed by atoms with Gasteiger partial charge in [0.05, 0.1) is 12.0 Å². The molecule has 2 atom stereocenters. The van der Waals surface area contributed by atoms with E-state index >= 15 is 0 Å². The predicted molar refractivity (Wildman–Crippen MR) is 73.9 cm³/mol. The molecule has 1 aromatic carbocycles. The average molecular weight is 261 g/mol. The van der Waals surface area contributed by atoms with E-state index in [2.05, 4.69) is 12.3 Å². The molecular weight excluding hydrogens is 240 g/mol. The molecule has 1 fully saturated rings. The zero-order valence-corrected chi connectivity index (χ0v) is 11.1. The molecule has 1 aliphatic rings. The van der Waals surface area contributed by atoms with Gasteiger partial charge in [-0.3, -0.25) is 10.2 Å². The molecule has 1 heterocycles. The number of amides is 1. The molecule has 0 spiro atoms. The lowest BCUT2D eigenvalue weighted by atomic mass is 10.1. The van der Waals surface area contributed by atoms with Crippen molar-refractivity contribution in [3.63, 3.8) is 0 Å². The first-order valence-corrected chi connectivity index (χ1v) is 6.75. The molecule has 1 radical (unpaired) electrons. The van der Waals surface area contributed by atoms with Gasteiger partial charge in [0.2, 0.25) is 5.91 Å². The van der Waals surface area contributed by atoms with Crippen LogP contribution in [0.25, 0.3) is 0 Å². The largest absolute Gasteiger partial charge is 0.393 e. The van der Waals surface area contributed by atoms with Crippen molar-refractivity contribution in [2.45, 2.75) is 25.4 Å². The highest BCUT2D eigenvalue weighted by atomic mass is 16.3. The molecule has 1 amide bonds. The second-order valence-electron chi connectivity index (χ2n) is 5.04. The van der Waals surface area contributed by atoms with Crippen LogP contribution < -0.4 is 5.43 Å². The number of aliphatic hydroxyl groups excluding tert-OH is 1. The van der Waals surface area contributed by atoms with Crippen molar-refractivity contribution < 1.29 is 9.90 Å². The van der Waals surface area contributed by atoms with E-state index in [4.69, 9.17) is 0 Å². The maximum Gasteiger partial charge on any atom is 0.238 e. The molecular formula is C15H21N2O2. The van der Waals surface area contributed by atoms with E-state index in [0.717, 1.165) is 5.56 Å².